The summed E-state index contributed by atoms with van der Waals surface area (Å²) in [4.78, 5) is 0.318. The maximum atomic E-state index is 12.3. The first-order valence-electron chi connectivity index (χ1n) is 5.39. The molecule has 17 heavy (non-hydrogen) atoms. The second kappa shape index (κ2) is 4.04. The maximum absolute atomic E-state index is 12.3. The molecular weight excluding hydrogens is 234 g/mol. The third-order valence-corrected chi connectivity index (χ3v) is 4.49. The molecule has 0 saturated heterocycles. The first-order chi connectivity index (χ1) is 7.91. The molecule has 1 aromatic heterocycles. The van der Waals surface area contributed by atoms with Crippen molar-refractivity contribution in [1.82, 2.24) is 3.97 Å². The van der Waals surface area contributed by atoms with Gasteiger partial charge in [0.15, 0.2) is 0 Å². The van der Waals surface area contributed by atoms with Crippen LogP contribution in [0.3, 0.4) is 0 Å². The van der Waals surface area contributed by atoms with Crippen LogP contribution in [0.5, 0.6) is 0 Å². The van der Waals surface area contributed by atoms with E-state index in [4.69, 9.17) is 0 Å². The highest BCUT2D eigenvalue weighted by Gasteiger charge is 2.16. The predicted molar refractivity (Wildman–Crippen MR) is 67.7 cm³/mol. The van der Waals surface area contributed by atoms with E-state index in [1.54, 1.807) is 36.7 Å². The Morgan fingerprint density at radius 3 is 1.82 bits per heavy atom. The molecule has 2 rings (SSSR count). The lowest BCUT2D eigenvalue weighted by Crippen LogP contribution is -2.10. The van der Waals surface area contributed by atoms with E-state index in [9.17, 15) is 8.42 Å². The molecule has 0 N–H and O–H groups in total. The van der Waals surface area contributed by atoms with Crippen molar-refractivity contribution in [2.24, 2.45) is 0 Å². The zero-order valence-electron chi connectivity index (χ0n) is 10.1. The SMILES string of the molecule is Cc1ccc(S(=O)(=O)n2cc(C)c(C)c2)cc1. The minimum absolute atomic E-state index is 0.318. The number of rotatable bonds is 2. The number of hydrogen-bond acceptors (Lipinski definition) is 2. The minimum Gasteiger partial charge on any atom is -0.249 e. The van der Waals surface area contributed by atoms with Crippen molar-refractivity contribution in [3.8, 4) is 0 Å². The predicted octanol–water partition coefficient (Wildman–Crippen LogP) is 2.65. The van der Waals surface area contributed by atoms with Crippen molar-refractivity contribution < 1.29 is 8.42 Å². The molecule has 0 saturated carbocycles. The van der Waals surface area contributed by atoms with E-state index in [0.29, 0.717) is 4.90 Å². The first kappa shape index (κ1) is 11.9. The molecule has 0 fully saturated rings. The lowest BCUT2D eigenvalue weighted by Gasteiger charge is -2.05. The van der Waals surface area contributed by atoms with E-state index in [-0.39, 0.29) is 0 Å². The van der Waals surface area contributed by atoms with Gasteiger partial charge >= 0.3 is 0 Å². The van der Waals surface area contributed by atoms with Gasteiger partial charge in [0.2, 0.25) is 0 Å². The Morgan fingerprint density at radius 1 is 0.882 bits per heavy atom. The van der Waals surface area contributed by atoms with Crippen LogP contribution in [0.15, 0.2) is 41.6 Å². The summed E-state index contributed by atoms with van der Waals surface area (Å²) >= 11 is 0. The van der Waals surface area contributed by atoms with Gasteiger partial charge in [-0.1, -0.05) is 17.7 Å². The van der Waals surface area contributed by atoms with E-state index in [1.807, 2.05) is 20.8 Å². The summed E-state index contributed by atoms with van der Waals surface area (Å²) in [5, 5.41) is 0. The van der Waals surface area contributed by atoms with Crippen LogP contribution in [0.25, 0.3) is 0 Å². The highest BCUT2D eigenvalue weighted by molar-refractivity contribution is 7.90. The summed E-state index contributed by atoms with van der Waals surface area (Å²) in [6.07, 6.45) is 3.29. The highest BCUT2D eigenvalue weighted by Crippen LogP contribution is 2.17. The van der Waals surface area contributed by atoms with Crippen LogP contribution in [0.2, 0.25) is 0 Å². The first-order valence-corrected chi connectivity index (χ1v) is 6.83. The van der Waals surface area contributed by atoms with Gasteiger partial charge in [0, 0.05) is 12.4 Å². The van der Waals surface area contributed by atoms with Crippen LogP contribution in [-0.2, 0) is 10.0 Å². The molecule has 1 heterocycles. The van der Waals surface area contributed by atoms with Crippen molar-refractivity contribution in [2.75, 3.05) is 0 Å². The molecule has 0 unspecified atom stereocenters. The summed E-state index contributed by atoms with van der Waals surface area (Å²) in [7, 11) is -3.44. The summed E-state index contributed by atoms with van der Waals surface area (Å²) in [6.45, 7) is 5.73. The van der Waals surface area contributed by atoms with E-state index in [2.05, 4.69) is 0 Å². The molecule has 0 bridgehead atoms. The fourth-order valence-corrected chi connectivity index (χ4v) is 2.91. The molecular formula is C13H15NO2S. The van der Waals surface area contributed by atoms with Crippen LogP contribution >= 0.6 is 0 Å². The molecule has 0 aliphatic heterocycles. The van der Waals surface area contributed by atoms with Crippen LogP contribution < -0.4 is 0 Å². The zero-order valence-corrected chi connectivity index (χ0v) is 11.0. The van der Waals surface area contributed by atoms with E-state index < -0.39 is 10.0 Å². The summed E-state index contributed by atoms with van der Waals surface area (Å²) in [5.41, 5.74) is 2.99. The van der Waals surface area contributed by atoms with Crippen molar-refractivity contribution in [2.45, 2.75) is 25.7 Å². The molecule has 0 spiro atoms. The average molecular weight is 249 g/mol. The van der Waals surface area contributed by atoms with Gasteiger partial charge in [-0.05, 0) is 44.0 Å². The van der Waals surface area contributed by atoms with E-state index in [1.165, 1.54) is 3.97 Å². The Kier molecular flexibility index (Phi) is 2.83. The van der Waals surface area contributed by atoms with Crippen LogP contribution in [0, 0.1) is 20.8 Å². The largest absolute Gasteiger partial charge is 0.267 e. The Hall–Kier alpha value is -1.55. The number of aromatic nitrogens is 1. The quantitative estimate of drug-likeness (QED) is 0.820. The van der Waals surface area contributed by atoms with Gasteiger partial charge < -0.3 is 0 Å². The van der Waals surface area contributed by atoms with Gasteiger partial charge in [-0.3, -0.25) is 0 Å². The molecule has 4 heteroatoms. The van der Waals surface area contributed by atoms with Gasteiger partial charge in [0.1, 0.15) is 0 Å². The summed E-state index contributed by atoms with van der Waals surface area (Å²) < 4.78 is 25.8. The molecule has 2 aromatic rings. The normalized spacial score (nSPS) is 11.7. The molecule has 0 radical (unpaired) electrons. The molecule has 0 aliphatic rings. The summed E-state index contributed by atoms with van der Waals surface area (Å²) in [6, 6.07) is 6.87. The zero-order chi connectivity index (χ0) is 12.6. The van der Waals surface area contributed by atoms with Crippen LogP contribution in [0.4, 0.5) is 0 Å². The molecule has 90 valence electrons. The van der Waals surface area contributed by atoms with Gasteiger partial charge in [0.05, 0.1) is 4.90 Å². The number of benzene rings is 1. The van der Waals surface area contributed by atoms with Crippen molar-refractivity contribution in [1.29, 1.82) is 0 Å². The Bertz CT molecular complexity index is 617. The van der Waals surface area contributed by atoms with Crippen molar-refractivity contribution in [3.05, 3.63) is 53.3 Å². The molecule has 1 aromatic carbocycles. The van der Waals surface area contributed by atoms with E-state index >= 15 is 0 Å². The maximum Gasteiger partial charge on any atom is 0.267 e. The Labute approximate surface area is 102 Å². The fraction of sp³-hybridized carbons (Fsp3) is 0.231. The number of aryl methyl sites for hydroxylation is 3. The molecule has 3 nitrogen and oxygen atoms in total. The monoisotopic (exact) mass is 249 g/mol. The molecule has 0 aliphatic carbocycles. The number of nitrogens with zero attached hydrogens (tertiary/aromatic N) is 1. The summed E-state index contributed by atoms with van der Waals surface area (Å²) in [5.74, 6) is 0. The van der Waals surface area contributed by atoms with E-state index in [0.717, 1.165) is 16.7 Å². The van der Waals surface area contributed by atoms with Crippen LogP contribution in [-0.4, -0.2) is 12.4 Å². The van der Waals surface area contributed by atoms with Crippen LogP contribution in [0.1, 0.15) is 16.7 Å². The average Bonchev–Trinajstić information content (AvgIpc) is 2.60. The second-order valence-corrected chi connectivity index (χ2v) is 6.12. The molecule has 0 atom stereocenters. The lowest BCUT2D eigenvalue weighted by atomic mass is 10.2. The fourth-order valence-electron chi connectivity index (χ4n) is 1.59. The van der Waals surface area contributed by atoms with Crippen molar-refractivity contribution >= 4 is 10.0 Å². The van der Waals surface area contributed by atoms with Gasteiger partial charge in [-0.25, -0.2) is 12.4 Å². The lowest BCUT2D eigenvalue weighted by molar-refractivity contribution is 0.587. The van der Waals surface area contributed by atoms with Gasteiger partial charge in [0.25, 0.3) is 10.0 Å². The Morgan fingerprint density at radius 2 is 1.35 bits per heavy atom. The highest BCUT2D eigenvalue weighted by atomic mass is 32.2. The minimum atomic E-state index is -3.44. The smallest absolute Gasteiger partial charge is 0.249 e. The standard InChI is InChI=1S/C13H15NO2S/c1-10-4-6-13(7-5-10)17(15,16)14-8-11(2)12(3)9-14/h4-9H,1-3H3. The van der Waals surface area contributed by atoms with Gasteiger partial charge in [-0.15, -0.1) is 0 Å². The third-order valence-electron chi connectivity index (χ3n) is 2.86. The Balaban J connectivity index is 2.53. The topological polar surface area (TPSA) is 39.1 Å². The number of hydrogen-bond donors (Lipinski definition) is 0. The molecule has 0 amide bonds. The van der Waals surface area contributed by atoms with Gasteiger partial charge in [-0.2, -0.15) is 0 Å². The second-order valence-electron chi connectivity index (χ2n) is 4.27. The van der Waals surface area contributed by atoms with Crippen molar-refractivity contribution in [3.63, 3.8) is 0 Å². The third kappa shape index (κ3) is 2.13.